The van der Waals surface area contributed by atoms with E-state index < -0.39 is 59.5 Å². The standard InChI is InChI=1S/C8H12N2O8S4/c1-19(11,12)5-6(20(2,13)14)9-8(22(4,17)18)10-7(5)21(3,15)16/h1-4H3. The first-order chi connectivity index (χ1) is 9.45. The number of hydrogen-bond donors (Lipinski definition) is 0. The van der Waals surface area contributed by atoms with Crippen molar-refractivity contribution in [2.75, 3.05) is 25.0 Å². The Morgan fingerprint density at radius 1 is 0.545 bits per heavy atom. The van der Waals surface area contributed by atoms with E-state index in [1.54, 1.807) is 0 Å². The molecule has 1 rings (SSSR count). The van der Waals surface area contributed by atoms with Gasteiger partial charge in [0.05, 0.1) is 0 Å². The molecule has 0 saturated heterocycles. The molecule has 1 heterocycles. The van der Waals surface area contributed by atoms with Crippen LogP contribution < -0.4 is 0 Å². The molecule has 22 heavy (non-hydrogen) atoms. The van der Waals surface area contributed by atoms with Gasteiger partial charge < -0.3 is 0 Å². The third-order valence-electron chi connectivity index (χ3n) is 2.19. The van der Waals surface area contributed by atoms with Gasteiger partial charge in [0.25, 0.3) is 0 Å². The van der Waals surface area contributed by atoms with Gasteiger partial charge in [-0.15, -0.1) is 0 Å². The van der Waals surface area contributed by atoms with Crippen LogP contribution in [0.3, 0.4) is 0 Å². The Hall–Kier alpha value is -1.12. The second kappa shape index (κ2) is 5.21. The van der Waals surface area contributed by atoms with E-state index in [1.807, 2.05) is 0 Å². The summed E-state index contributed by atoms with van der Waals surface area (Å²) in [5.41, 5.74) is 0. The minimum absolute atomic E-state index is 0.565. The Bertz CT molecular complexity index is 996. The quantitative estimate of drug-likeness (QED) is 0.417. The molecule has 0 radical (unpaired) electrons. The lowest BCUT2D eigenvalue weighted by Gasteiger charge is -2.11. The van der Waals surface area contributed by atoms with Crippen molar-refractivity contribution in [3.05, 3.63) is 0 Å². The summed E-state index contributed by atoms with van der Waals surface area (Å²) in [5.74, 6) is 0. The lowest BCUT2D eigenvalue weighted by atomic mass is 10.7. The van der Waals surface area contributed by atoms with Gasteiger partial charge in [-0.05, 0) is 0 Å². The molecule has 0 saturated carbocycles. The zero-order valence-electron chi connectivity index (χ0n) is 11.8. The number of hydrogen-bond acceptors (Lipinski definition) is 10. The Morgan fingerprint density at radius 2 is 0.864 bits per heavy atom. The van der Waals surface area contributed by atoms with Gasteiger partial charge in [-0.1, -0.05) is 0 Å². The van der Waals surface area contributed by atoms with E-state index in [4.69, 9.17) is 0 Å². The SMILES string of the molecule is CS(=O)(=O)c1nc(S(C)(=O)=O)c(S(C)(=O)=O)c(S(C)(=O)=O)n1. The predicted molar refractivity (Wildman–Crippen MR) is 74.5 cm³/mol. The molecule has 10 nitrogen and oxygen atoms in total. The molecule has 0 aromatic carbocycles. The van der Waals surface area contributed by atoms with Crippen LogP contribution in [0.25, 0.3) is 0 Å². The second-order valence-corrected chi connectivity index (χ2v) is 12.3. The third-order valence-corrected chi connectivity index (χ3v) is 6.42. The van der Waals surface area contributed by atoms with Crippen molar-refractivity contribution >= 4 is 39.3 Å². The maximum atomic E-state index is 11.8. The van der Waals surface area contributed by atoms with Gasteiger partial charge in [-0.2, -0.15) is 0 Å². The van der Waals surface area contributed by atoms with Crippen LogP contribution in [0.2, 0.25) is 0 Å². The van der Waals surface area contributed by atoms with Crippen LogP contribution in [0.1, 0.15) is 0 Å². The maximum Gasteiger partial charge on any atom is 0.249 e. The Morgan fingerprint density at radius 3 is 1.05 bits per heavy atom. The maximum absolute atomic E-state index is 11.8. The summed E-state index contributed by atoms with van der Waals surface area (Å²) in [6, 6.07) is 0. The number of rotatable bonds is 4. The van der Waals surface area contributed by atoms with Gasteiger partial charge in [0.1, 0.15) is 4.90 Å². The molecule has 0 bridgehead atoms. The monoisotopic (exact) mass is 392 g/mol. The van der Waals surface area contributed by atoms with Gasteiger partial charge >= 0.3 is 0 Å². The average molecular weight is 392 g/mol. The molecular formula is C8H12N2O8S4. The molecule has 0 aliphatic heterocycles. The largest absolute Gasteiger partial charge is 0.249 e. The lowest BCUT2D eigenvalue weighted by molar-refractivity contribution is 0.550. The summed E-state index contributed by atoms with van der Waals surface area (Å²) in [4.78, 5) is 5.30. The fraction of sp³-hybridized carbons (Fsp3) is 0.500. The van der Waals surface area contributed by atoms with E-state index in [2.05, 4.69) is 9.97 Å². The van der Waals surface area contributed by atoms with Gasteiger partial charge in [-0.25, -0.2) is 43.6 Å². The van der Waals surface area contributed by atoms with Crippen molar-refractivity contribution in [3.63, 3.8) is 0 Å². The molecule has 0 fully saturated rings. The highest BCUT2D eigenvalue weighted by molar-refractivity contribution is 7.95. The highest BCUT2D eigenvalue weighted by atomic mass is 32.2. The first kappa shape index (κ1) is 18.9. The molecule has 0 atom stereocenters. The van der Waals surface area contributed by atoms with Crippen LogP contribution >= 0.6 is 0 Å². The lowest BCUT2D eigenvalue weighted by Crippen LogP contribution is -2.20. The second-order valence-electron chi connectivity index (χ2n) is 4.53. The van der Waals surface area contributed by atoms with E-state index in [0.29, 0.717) is 25.0 Å². The molecule has 14 heteroatoms. The van der Waals surface area contributed by atoms with Crippen LogP contribution in [0.4, 0.5) is 0 Å². The molecule has 0 unspecified atom stereocenters. The Balaban J connectivity index is 4.34. The summed E-state index contributed by atoms with van der Waals surface area (Å²) in [6.07, 6.45) is 2.33. The predicted octanol–water partition coefficient (Wildman–Crippen LogP) is -1.91. The van der Waals surface area contributed by atoms with Crippen molar-refractivity contribution in [2.45, 2.75) is 20.1 Å². The van der Waals surface area contributed by atoms with Crippen LogP contribution in [-0.4, -0.2) is 68.7 Å². The average Bonchev–Trinajstić information content (AvgIpc) is 2.22. The Kier molecular flexibility index (Phi) is 4.48. The van der Waals surface area contributed by atoms with E-state index in [1.165, 1.54) is 0 Å². The van der Waals surface area contributed by atoms with Crippen molar-refractivity contribution in [2.24, 2.45) is 0 Å². The molecule has 0 aliphatic carbocycles. The number of sulfone groups is 4. The molecule has 0 spiro atoms. The summed E-state index contributed by atoms with van der Waals surface area (Å²) in [7, 11) is -17.2. The highest BCUT2D eigenvalue weighted by Crippen LogP contribution is 2.26. The smallest absolute Gasteiger partial charge is 0.224 e. The topological polar surface area (TPSA) is 162 Å². The third kappa shape index (κ3) is 3.99. The zero-order chi connectivity index (χ0) is 17.7. The number of aromatic nitrogens is 2. The molecule has 0 aliphatic rings. The van der Waals surface area contributed by atoms with E-state index >= 15 is 0 Å². The first-order valence-electron chi connectivity index (χ1n) is 5.18. The zero-order valence-corrected chi connectivity index (χ0v) is 15.1. The van der Waals surface area contributed by atoms with E-state index in [0.717, 1.165) is 0 Å². The van der Waals surface area contributed by atoms with Crippen LogP contribution in [0.5, 0.6) is 0 Å². The van der Waals surface area contributed by atoms with E-state index in [9.17, 15) is 33.7 Å². The summed E-state index contributed by atoms with van der Waals surface area (Å²) in [5, 5.41) is -3.45. The molecule has 0 amide bonds. The van der Waals surface area contributed by atoms with Crippen molar-refractivity contribution in [1.82, 2.24) is 9.97 Å². The highest BCUT2D eigenvalue weighted by Gasteiger charge is 2.34. The molecule has 1 aromatic rings. The summed E-state index contributed by atoms with van der Waals surface area (Å²) in [6.45, 7) is 0. The van der Waals surface area contributed by atoms with Gasteiger partial charge in [0, 0.05) is 25.0 Å². The molecular weight excluding hydrogens is 380 g/mol. The minimum Gasteiger partial charge on any atom is -0.224 e. The van der Waals surface area contributed by atoms with Crippen LogP contribution in [0.15, 0.2) is 20.1 Å². The normalized spacial score (nSPS) is 14.0. The Labute approximate surface area is 128 Å². The van der Waals surface area contributed by atoms with Gasteiger partial charge in [-0.3, -0.25) is 0 Å². The van der Waals surface area contributed by atoms with E-state index in [-0.39, 0.29) is 0 Å². The first-order valence-corrected chi connectivity index (χ1v) is 12.7. The van der Waals surface area contributed by atoms with Gasteiger partial charge in [0.2, 0.25) is 15.0 Å². The molecule has 1 aromatic heterocycles. The minimum atomic E-state index is -4.37. The van der Waals surface area contributed by atoms with Gasteiger partial charge in [0.15, 0.2) is 39.6 Å². The fourth-order valence-corrected chi connectivity index (χ4v) is 5.99. The van der Waals surface area contributed by atoms with Crippen LogP contribution in [0, 0.1) is 0 Å². The fourth-order valence-electron chi connectivity index (χ4n) is 1.38. The van der Waals surface area contributed by atoms with Crippen molar-refractivity contribution < 1.29 is 33.7 Å². The van der Waals surface area contributed by atoms with Crippen molar-refractivity contribution in [3.8, 4) is 0 Å². The summed E-state index contributed by atoms with van der Waals surface area (Å²) >= 11 is 0. The molecule has 0 N–H and O–H groups in total. The van der Waals surface area contributed by atoms with Crippen molar-refractivity contribution in [1.29, 1.82) is 0 Å². The molecule has 126 valence electrons. The number of nitrogens with zero attached hydrogens (tertiary/aromatic N) is 2. The summed E-state index contributed by atoms with van der Waals surface area (Å²) < 4.78 is 93.4. The van der Waals surface area contributed by atoms with Crippen LogP contribution in [-0.2, 0) is 39.3 Å².